The van der Waals surface area contributed by atoms with E-state index in [2.05, 4.69) is 15.4 Å². The monoisotopic (exact) mass is 699 g/mol. The van der Waals surface area contributed by atoms with Crippen molar-refractivity contribution in [2.75, 3.05) is 11.5 Å². The number of aliphatic carboxylic acids is 1. The van der Waals surface area contributed by atoms with E-state index in [0.29, 0.717) is 17.9 Å². The van der Waals surface area contributed by atoms with E-state index in [-0.39, 0.29) is 37.4 Å². The molecule has 262 valence electrons. The van der Waals surface area contributed by atoms with Crippen LogP contribution in [0.15, 0.2) is 60.7 Å². The summed E-state index contributed by atoms with van der Waals surface area (Å²) >= 11 is 0. The Morgan fingerprint density at radius 1 is 0.900 bits per heavy atom. The molecule has 4 amide bonds. The molecule has 0 spiro atoms. The summed E-state index contributed by atoms with van der Waals surface area (Å²) in [5.41, 5.74) is -1.65. The predicted molar refractivity (Wildman–Crippen MR) is 164 cm³/mol. The van der Waals surface area contributed by atoms with E-state index in [1.807, 2.05) is 0 Å². The number of carbonyl (C=O) groups is 6. The van der Waals surface area contributed by atoms with E-state index in [1.165, 1.54) is 12.1 Å². The Hall–Kier alpha value is -5.80. The van der Waals surface area contributed by atoms with Crippen LogP contribution in [0.1, 0.15) is 38.5 Å². The number of nitrogens with one attached hydrogen (secondary N) is 2. The summed E-state index contributed by atoms with van der Waals surface area (Å²) in [5, 5.41) is 14.0. The van der Waals surface area contributed by atoms with Crippen molar-refractivity contribution in [2.24, 2.45) is 5.41 Å². The minimum absolute atomic E-state index is 0.0451. The Morgan fingerprint density at radius 2 is 1.56 bits per heavy atom. The van der Waals surface area contributed by atoms with E-state index >= 15 is 0 Å². The van der Waals surface area contributed by atoms with Crippen LogP contribution in [0.2, 0.25) is 0 Å². The molecule has 1 heterocycles. The van der Waals surface area contributed by atoms with Crippen LogP contribution in [0.5, 0.6) is 17.2 Å². The molecule has 2 fully saturated rings. The minimum atomic E-state index is -1.94. The summed E-state index contributed by atoms with van der Waals surface area (Å²) < 4.78 is 65.5. The quantitative estimate of drug-likeness (QED) is 0.104. The highest BCUT2D eigenvalue weighted by molar-refractivity contribution is 6.19. The third-order valence-electron chi connectivity index (χ3n) is 8.35. The molecule has 1 saturated carbocycles. The van der Waals surface area contributed by atoms with Crippen LogP contribution in [-0.4, -0.2) is 59.2 Å². The molecule has 1 aliphatic heterocycles. The Balaban J connectivity index is 1.27. The van der Waals surface area contributed by atoms with Gasteiger partial charge in [0.15, 0.2) is 23.2 Å². The van der Waals surface area contributed by atoms with Gasteiger partial charge < -0.3 is 25.2 Å². The van der Waals surface area contributed by atoms with Crippen LogP contribution in [0.4, 0.5) is 23.2 Å². The first-order valence-electron chi connectivity index (χ1n) is 15.3. The fourth-order valence-electron chi connectivity index (χ4n) is 5.52. The first-order chi connectivity index (χ1) is 23.8. The van der Waals surface area contributed by atoms with E-state index < -0.39 is 94.9 Å². The first-order valence-corrected chi connectivity index (χ1v) is 15.3. The third kappa shape index (κ3) is 7.43. The van der Waals surface area contributed by atoms with Crippen molar-refractivity contribution in [1.82, 2.24) is 10.6 Å². The molecule has 0 radical (unpaired) electrons. The van der Waals surface area contributed by atoms with Gasteiger partial charge in [0.2, 0.25) is 29.4 Å². The topological polar surface area (TPSA) is 168 Å². The van der Waals surface area contributed by atoms with Crippen molar-refractivity contribution < 1.29 is 60.9 Å². The SMILES string of the molecule is O=C(O)CC(NC(=O)C1(C(=O)NC2CCC(=O)N(c3cccc(Oc4ccccc4)c3)C2=O)CCC1)C(=O)COc1c(F)c(F)cc(F)c1F. The van der Waals surface area contributed by atoms with Crippen molar-refractivity contribution in [3.63, 3.8) is 0 Å². The molecule has 2 aliphatic rings. The molecule has 1 aliphatic carbocycles. The maximum atomic E-state index is 14.0. The van der Waals surface area contributed by atoms with Crippen molar-refractivity contribution in [1.29, 1.82) is 0 Å². The van der Waals surface area contributed by atoms with Crippen LogP contribution in [0.25, 0.3) is 0 Å². The van der Waals surface area contributed by atoms with Gasteiger partial charge in [-0.05, 0) is 43.5 Å². The molecule has 12 nitrogen and oxygen atoms in total. The number of anilines is 1. The first kappa shape index (κ1) is 35.5. The largest absolute Gasteiger partial charge is 0.481 e. The molecular formula is C34H29F4N3O9. The Bertz CT molecular complexity index is 1830. The predicted octanol–water partition coefficient (Wildman–Crippen LogP) is 3.95. The van der Waals surface area contributed by atoms with E-state index in [0.717, 1.165) is 4.90 Å². The van der Waals surface area contributed by atoms with Crippen molar-refractivity contribution in [2.45, 2.75) is 50.6 Å². The number of imide groups is 1. The van der Waals surface area contributed by atoms with Gasteiger partial charge in [-0.15, -0.1) is 0 Å². The van der Waals surface area contributed by atoms with E-state index in [4.69, 9.17) is 4.74 Å². The molecule has 3 N–H and O–H groups in total. The molecule has 1 saturated heterocycles. The average Bonchev–Trinajstić information content (AvgIpc) is 3.05. The van der Waals surface area contributed by atoms with Gasteiger partial charge in [-0.25, -0.2) is 13.7 Å². The van der Waals surface area contributed by atoms with Gasteiger partial charge in [0, 0.05) is 18.6 Å². The van der Waals surface area contributed by atoms with Gasteiger partial charge in [-0.1, -0.05) is 30.7 Å². The van der Waals surface area contributed by atoms with E-state index in [9.17, 15) is 51.4 Å². The highest BCUT2D eigenvalue weighted by atomic mass is 19.2. The number of ether oxygens (including phenoxy) is 2. The summed E-state index contributed by atoms with van der Waals surface area (Å²) in [6, 6.07) is 11.8. The molecule has 3 aromatic rings. The maximum Gasteiger partial charge on any atom is 0.305 e. The zero-order chi connectivity index (χ0) is 36.2. The van der Waals surface area contributed by atoms with Crippen LogP contribution in [-0.2, 0) is 28.8 Å². The number of hydrogen-bond donors (Lipinski definition) is 3. The van der Waals surface area contributed by atoms with Gasteiger partial charge in [-0.3, -0.25) is 28.8 Å². The lowest BCUT2D eigenvalue weighted by Crippen LogP contribution is -2.62. The van der Waals surface area contributed by atoms with Gasteiger partial charge in [0.05, 0.1) is 12.1 Å². The van der Waals surface area contributed by atoms with Crippen molar-refractivity contribution in [3.05, 3.63) is 83.9 Å². The standard InChI is InChI=1S/C34H29F4N3O9/c35-21-15-22(36)29(38)30(28(21)37)49-17-25(42)24(16-27(44)45)40-33(48)34(12-5-13-34)32(47)39-23-10-11-26(43)41(31(23)46)18-6-4-9-20(14-18)50-19-7-2-1-3-8-19/h1-4,6-9,14-15,23-24H,5,10-13,16-17H2,(H,39,47)(H,40,48)(H,44,45). The van der Waals surface area contributed by atoms with Crippen LogP contribution in [0, 0.1) is 28.7 Å². The molecule has 5 rings (SSSR count). The summed E-state index contributed by atoms with van der Waals surface area (Å²) in [6.45, 7) is -1.30. The normalized spacial score (nSPS) is 17.3. The fraction of sp³-hybridized carbons (Fsp3) is 0.294. The molecule has 2 atom stereocenters. The van der Waals surface area contributed by atoms with Crippen LogP contribution >= 0.6 is 0 Å². The molecule has 3 aromatic carbocycles. The number of benzene rings is 3. The number of Topliss-reactive ketones (excluding diaryl/α,β-unsaturated/α-hetero) is 1. The molecule has 0 bridgehead atoms. The highest BCUT2D eigenvalue weighted by Gasteiger charge is 2.53. The third-order valence-corrected chi connectivity index (χ3v) is 8.35. The van der Waals surface area contributed by atoms with Crippen LogP contribution in [0.3, 0.4) is 0 Å². The molecule has 16 heteroatoms. The van der Waals surface area contributed by atoms with Gasteiger partial charge in [0.1, 0.15) is 35.6 Å². The lowest BCUT2D eigenvalue weighted by Gasteiger charge is -2.41. The second kappa shape index (κ2) is 14.8. The number of ketones is 1. The maximum absolute atomic E-state index is 14.0. The van der Waals surface area contributed by atoms with Gasteiger partial charge in [0.25, 0.3) is 5.91 Å². The Labute approximate surface area is 281 Å². The number of para-hydroxylation sites is 1. The van der Waals surface area contributed by atoms with Crippen molar-refractivity contribution >= 4 is 41.1 Å². The second-order valence-corrected chi connectivity index (χ2v) is 11.7. The molecule has 0 aromatic heterocycles. The number of piperidine rings is 1. The number of carboxylic acids is 1. The number of carboxylic acid groups (broad SMARTS) is 1. The molecule has 50 heavy (non-hydrogen) atoms. The summed E-state index contributed by atoms with van der Waals surface area (Å²) in [7, 11) is 0. The summed E-state index contributed by atoms with van der Waals surface area (Å²) in [6.07, 6.45) is -0.969. The van der Waals surface area contributed by atoms with Crippen LogP contribution < -0.4 is 25.0 Å². The van der Waals surface area contributed by atoms with Crippen molar-refractivity contribution in [3.8, 4) is 17.2 Å². The Morgan fingerprint density at radius 3 is 2.18 bits per heavy atom. The average molecular weight is 700 g/mol. The summed E-state index contributed by atoms with van der Waals surface area (Å²) in [5.74, 6) is -14.3. The second-order valence-electron chi connectivity index (χ2n) is 11.7. The summed E-state index contributed by atoms with van der Waals surface area (Å²) in [4.78, 5) is 78.7. The zero-order valence-corrected chi connectivity index (χ0v) is 26.1. The number of carbonyl (C=O) groups excluding carboxylic acids is 5. The highest BCUT2D eigenvalue weighted by Crippen LogP contribution is 2.42. The lowest BCUT2D eigenvalue weighted by molar-refractivity contribution is -0.153. The number of halogens is 4. The molecule has 2 unspecified atom stereocenters. The zero-order valence-electron chi connectivity index (χ0n) is 26.1. The lowest BCUT2D eigenvalue weighted by atomic mass is 9.67. The number of amides is 4. The van der Waals surface area contributed by atoms with E-state index in [1.54, 1.807) is 42.5 Å². The number of rotatable bonds is 13. The van der Waals surface area contributed by atoms with Gasteiger partial charge >= 0.3 is 5.97 Å². The Kier molecular flexibility index (Phi) is 10.5. The fourth-order valence-corrected chi connectivity index (χ4v) is 5.52. The minimum Gasteiger partial charge on any atom is -0.481 e. The number of hydrogen-bond acceptors (Lipinski definition) is 8. The number of nitrogens with zero attached hydrogens (tertiary/aromatic N) is 1. The molecular weight excluding hydrogens is 670 g/mol. The smallest absolute Gasteiger partial charge is 0.305 e. The van der Waals surface area contributed by atoms with Gasteiger partial charge in [-0.2, -0.15) is 8.78 Å².